The molecule has 110 valence electrons. The number of amides is 1. The van der Waals surface area contributed by atoms with Crippen molar-refractivity contribution < 1.29 is 4.79 Å². The molecule has 6 nitrogen and oxygen atoms in total. The number of carbonyl (C=O) groups excluding carboxylic acids is 1. The van der Waals surface area contributed by atoms with Crippen LogP contribution in [0, 0.1) is 13.8 Å². The fraction of sp³-hybridized carbons (Fsp3) is 0.125. The van der Waals surface area contributed by atoms with E-state index >= 15 is 0 Å². The SMILES string of the molecule is Cc1cccc(NC(=O)c2cnn(-c3ccccn3)c2C)n1. The zero-order valence-corrected chi connectivity index (χ0v) is 12.3. The van der Waals surface area contributed by atoms with E-state index in [2.05, 4.69) is 20.4 Å². The first-order valence-corrected chi connectivity index (χ1v) is 6.86. The van der Waals surface area contributed by atoms with Crippen molar-refractivity contribution in [3.05, 3.63) is 65.7 Å². The number of nitrogens with one attached hydrogen (secondary N) is 1. The molecule has 0 radical (unpaired) electrons. The first-order chi connectivity index (χ1) is 10.6. The standard InChI is InChI=1S/C16H15N5O/c1-11-6-5-7-14(19-11)20-16(22)13-10-18-21(12(13)2)15-8-3-4-9-17-15/h3-10H,1-2H3,(H,19,20,22). The van der Waals surface area contributed by atoms with Gasteiger partial charge in [-0.1, -0.05) is 12.1 Å². The lowest BCUT2D eigenvalue weighted by atomic mass is 10.2. The average molecular weight is 293 g/mol. The minimum atomic E-state index is -0.238. The van der Waals surface area contributed by atoms with Gasteiger partial charge in [0.2, 0.25) is 0 Å². The Morgan fingerprint density at radius 1 is 1.14 bits per heavy atom. The molecule has 1 N–H and O–H groups in total. The maximum absolute atomic E-state index is 12.4. The van der Waals surface area contributed by atoms with Crippen molar-refractivity contribution in [1.82, 2.24) is 19.7 Å². The topological polar surface area (TPSA) is 72.7 Å². The summed E-state index contributed by atoms with van der Waals surface area (Å²) in [6.07, 6.45) is 3.22. The summed E-state index contributed by atoms with van der Waals surface area (Å²) >= 11 is 0. The minimum Gasteiger partial charge on any atom is -0.306 e. The summed E-state index contributed by atoms with van der Waals surface area (Å²) in [6.45, 7) is 3.71. The Balaban J connectivity index is 1.87. The van der Waals surface area contributed by atoms with Crippen molar-refractivity contribution in [2.45, 2.75) is 13.8 Å². The van der Waals surface area contributed by atoms with E-state index in [1.54, 1.807) is 16.9 Å². The van der Waals surface area contributed by atoms with E-state index in [0.717, 1.165) is 11.4 Å². The second-order valence-electron chi connectivity index (χ2n) is 4.86. The summed E-state index contributed by atoms with van der Waals surface area (Å²) in [5, 5.41) is 7.02. The maximum atomic E-state index is 12.4. The number of hydrogen-bond donors (Lipinski definition) is 1. The molecule has 0 fully saturated rings. The lowest BCUT2D eigenvalue weighted by Gasteiger charge is -2.06. The normalized spacial score (nSPS) is 10.5. The zero-order valence-electron chi connectivity index (χ0n) is 12.3. The van der Waals surface area contributed by atoms with Gasteiger partial charge in [-0.25, -0.2) is 14.6 Å². The van der Waals surface area contributed by atoms with Crippen LogP contribution in [-0.2, 0) is 0 Å². The predicted octanol–water partition coefficient (Wildman–Crippen LogP) is 2.53. The third-order valence-electron chi connectivity index (χ3n) is 3.25. The van der Waals surface area contributed by atoms with E-state index in [-0.39, 0.29) is 5.91 Å². The van der Waals surface area contributed by atoms with Crippen molar-refractivity contribution >= 4 is 11.7 Å². The molecule has 3 rings (SSSR count). The minimum absolute atomic E-state index is 0.238. The smallest absolute Gasteiger partial charge is 0.260 e. The van der Waals surface area contributed by atoms with Crippen molar-refractivity contribution in [3.8, 4) is 5.82 Å². The quantitative estimate of drug-likeness (QED) is 0.805. The Hall–Kier alpha value is -3.02. The number of hydrogen-bond acceptors (Lipinski definition) is 4. The average Bonchev–Trinajstić information content (AvgIpc) is 2.90. The number of aromatic nitrogens is 4. The van der Waals surface area contributed by atoms with Crippen LogP contribution in [0.5, 0.6) is 0 Å². The number of pyridine rings is 2. The summed E-state index contributed by atoms with van der Waals surface area (Å²) in [5.41, 5.74) is 2.07. The molecule has 3 aromatic heterocycles. The van der Waals surface area contributed by atoms with Crippen molar-refractivity contribution in [2.24, 2.45) is 0 Å². The van der Waals surface area contributed by atoms with Crippen molar-refractivity contribution in [1.29, 1.82) is 0 Å². The summed E-state index contributed by atoms with van der Waals surface area (Å²) in [6, 6.07) is 11.0. The van der Waals surface area contributed by atoms with Gasteiger partial charge < -0.3 is 5.32 Å². The summed E-state index contributed by atoms with van der Waals surface area (Å²) in [4.78, 5) is 20.9. The van der Waals surface area contributed by atoms with Crippen LogP contribution in [0.3, 0.4) is 0 Å². The van der Waals surface area contributed by atoms with Crippen LogP contribution >= 0.6 is 0 Å². The molecule has 0 aromatic carbocycles. The van der Waals surface area contributed by atoms with Crippen LogP contribution in [0.4, 0.5) is 5.82 Å². The van der Waals surface area contributed by atoms with Gasteiger partial charge in [-0.15, -0.1) is 0 Å². The van der Waals surface area contributed by atoms with Gasteiger partial charge in [0, 0.05) is 11.9 Å². The monoisotopic (exact) mass is 293 g/mol. The second-order valence-corrected chi connectivity index (χ2v) is 4.86. The molecule has 0 aliphatic rings. The molecule has 0 saturated heterocycles. The fourth-order valence-corrected chi connectivity index (χ4v) is 2.14. The van der Waals surface area contributed by atoms with Crippen LogP contribution in [0.1, 0.15) is 21.7 Å². The molecule has 0 spiro atoms. The highest BCUT2D eigenvalue weighted by Crippen LogP contribution is 2.14. The highest BCUT2D eigenvalue weighted by Gasteiger charge is 2.16. The lowest BCUT2D eigenvalue weighted by molar-refractivity contribution is 0.102. The van der Waals surface area contributed by atoms with Crippen molar-refractivity contribution in [2.75, 3.05) is 5.32 Å². The Morgan fingerprint density at radius 3 is 2.73 bits per heavy atom. The van der Waals surface area contributed by atoms with Gasteiger partial charge in [0.1, 0.15) is 5.82 Å². The lowest BCUT2D eigenvalue weighted by Crippen LogP contribution is -2.14. The fourth-order valence-electron chi connectivity index (χ4n) is 2.14. The predicted molar refractivity (Wildman–Crippen MR) is 83.0 cm³/mol. The molecule has 0 unspecified atom stereocenters. The molecule has 0 atom stereocenters. The molecule has 1 amide bonds. The molecule has 3 heterocycles. The van der Waals surface area contributed by atoms with Crippen LogP contribution in [-0.4, -0.2) is 25.7 Å². The van der Waals surface area contributed by atoms with Crippen LogP contribution in [0.2, 0.25) is 0 Å². The number of rotatable bonds is 3. The van der Waals surface area contributed by atoms with Gasteiger partial charge >= 0.3 is 0 Å². The van der Waals surface area contributed by atoms with Crippen LogP contribution in [0.25, 0.3) is 5.82 Å². The molecular formula is C16H15N5O. The van der Waals surface area contributed by atoms with Gasteiger partial charge in [-0.05, 0) is 38.1 Å². The molecular weight excluding hydrogens is 278 g/mol. The number of anilines is 1. The molecule has 6 heteroatoms. The van der Waals surface area contributed by atoms with E-state index < -0.39 is 0 Å². The first kappa shape index (κ1) is 13.9. The van der Waals surface area contributed by atoms with E-state index in [1.807, 2.05) is 44.2 Å². The highest BCUT2D eigenvalue weighted by atomic mass is 16.1. The van der Waals surface area contributed by atoms with Gasteiger partial charge in [0.25, 0.3) is 5.91 Å². The molecule has 0 aliphatic carbocycles. The number of aryl methyl sites for hydroxylation is 1. The van der Waals surface area contributed by atoms with Gasteiger partial charge in [0.05, 0.1) is 17.5 Å². The molecule has 22 heavy (non-hydrogen) atoms. The summed E-state index contributed by atoms with van der Waals surface area (Å²) < 4.78 is 1.64. The third-order valence-corrected chi connectivity index (χ3v) is 3.25. The maximum Gasteiger partial charge on any atom is 0.260 e. The molecule has 0 aliphatic heterocycles. The van der Waals surface area contributed by atoms with E-state index in [1.165, 1.54) is 6.20 Å². The Labute approximate surface area is 127 Å². The van der Waals surface area contributed by atoms with Crippen molar-refractivity contribution in [3.63, 3.8) is 0 Å². The van der Waals surface area contributed by atoms with E-state index in [4.69, 9.17) is 0 Å². The summed E-state index contributed by atoms with van der Waals surface area (Å²) in [7, 11) is 0. The zero-order chi connectivity index (χ0) is 15.5. The number of nitrogens with zero attached hydrogens (tertiary/aromatic N) is 4. The third kappa shape index (κ3) is 2.71. The van der Waals surface area contributed by atoms with E-state index in [9.17, 15) is 4.79 Å². The molecule has 3 aromatic rings. The van der Waals surface area contributed by atoms with Gasteiger partial charge in [-0.2, -0.15) is 5.10 Å². The largest absolute Gasteiger partial charge is 0.306 e. The Morgan fingerprint density at radius 2 is 2.00 bits per heavy atom. The van der Waals surface area contributed by atoms with Crippen LogP contribution < -0.4 is 5.32 Å². The van der Waals surface area contributed by atoms with E-state index in [0.29, 0.717) is 17.2 Å². The van der Waals surface area contributed by atoms with Gasteiger partial charge in [0.15, 0.2) is 5.82 Å². The molecule has 0 bridgehead atoms. The first-order valence-electron chi connectivity index (χ1n) is 6.86. The number of carbonyl (C=O) groups is 1. The van der Waals surface area contributed by atoms with Crippen LogP contribution in [0.15, 0.2) is 48.8 Å². The Bertz CT molecular complexity index is 810. The van der Waals surface area contributed by atoms with Gasteiger partial charge in [-0.3, -0.25) is 4.79 Å². The summed E-state index contributed by atoms with van der Waals surface area (Å²) in [5.74, 6) is 0.959. The molecule has 0 saturated carbocycles. The highest BCUT2D eigenvalue weighted by molar-refractivity contribution is 6.04. The second kappa shape index (κ2) is 5.77. The Kier molecular flexibility index (Phi) is 3.65.